The van der Waals surface area contributed by atoms with Gasteiger partial charge in [-0.1, -0.05) is 32.8 Å². The number of aryl methyl sites for hydroxylation is 1. The van der Waals surface area contributed by atoms with E-state index in [1.807, 2.05) is 13.8 Å². The summed E-state index contributed by atoms with van der Waals surface area (Å²) in [6.45, 7) is 4.00. The van der Waals surface area contributed by atoms with Gasteiger partial charge in [-0.25, -0.2) is 4.39 Å². The fraction of sp³-hybridized carbons (Fsp3) is 0.500. The molecule has 0 atom stereocenters. The van der Waals surface area contributed by atoms with E-state index in [1.165, 1.54) is 0 Å². The summed E-state index contributed by atoms with van der Waals surface area (Å²) >= 11 is 0. The van der Waals surface area contributed by atoms with Crippen molar-refractivity contribution < 1.29 is 9.50 Å². The molecular formula is C12H17FO. The predicted octanol–water partition coefficient (Wildman–Crippen LogP) is 3.44. The molecule has 0 aliphatic rings. The number of phenolic OH excluding ortho intramolecular Hbond substituents is 1. The van der Waals surface area contributed by atoms with Crippen molar-refractivity contribution in [2.45, 2.75) is 39.5 Å². The van der Waals surface area contributed by atoms with Crippen LogP contribution in [0.25, 0.3) is 0 Å². The lowest BCUT2D eigenvalue weighted by Crippen LogP contribution is -1.97. The molecular weight excluding hydrogens is 179 g/mol. The monoisotopic (exact) mass is 196 g/mol. The summed E-state index contributed by atoms with van der Waals surface area (Å²) in [5.41, 5.74) is 1.19. The second-order valence-electron chi connectivity index (χ2n) is 3.54. The Balaban J connectivity index is 3.05. The molecule has 0 amide bonds. The standard InChI is InChI=1S/C12H17FO/c1-3-5-9-7-8-11(14)10(6-4-2)12(9)13/h7-8,14H,3-6H2,1-2H3. The summed E-state index contributed by atoms with van der Waals surface area (Å²) in [5, 5.41) is 9.48. The molecule has 1 nitrogen and oxygen atoms in total. The highest BCUT2D eigenvalue weighted by molar-refractivity contribution is 5.38. The normalized spacial score (nSPS) is 10.5. The number of halogens is 1. The zero-order valence-corrected chi connectivity index (χ0v) is 8.81. The minimum absolute atomic E-state index is 0.0872. The second-order valence-corrected chi connectivity index (χ2v) is 3.54. The van der Waals surface area contributed by atoms with Crippen molar-refractivity contribution in [1.82, 2.24) is 0 Å². The highest BCUT2D eigenvalue weighted by atomic mass is 19.1. The molecule has 1 rings (SSSR count). The fourth-order valence-corrected chi connectivity index (χ4v) is 1.61. The topological polar surface area (TPSA) is 20.2 Å². The number of hydrogen-bond donors (Lipinski definition) is 1. The molecule has 0 fully saturated rings. The van der Waals surface area contributed by atoms with Crippen LogP contribution in [0.15, 0.2) is 12.1 Å². The van der Waals surface area contributed by atoms with Crippen LogP contribution >= 0.6 is 0 Å². The van der Waals surface area contributed by atoms with Crippen LogP contribution in [0, 0.1) is 5.82 Å². The number of hydrogen-bond acceptors (Lipinski definition) is 1. The van der Waals surface area contributed by atoms with E-state index in [4.69, 9.17) is 0 Å². The Labute approximate surface area is 84.6 Å². The van der Waals surface area contributed by atoms with Gasteiger partial charge in [0.25, 0.3) is 0 Å². The van der Waals surface area contributed by atoms with Gasteiger partial charge in [0.2, 0.25) is 0 Å². The molecule has 14 heavy (non-hydrogen) atoms. The van der Waals surface area contributed by atoms with E-state index < -0.39 is 0 Å². The summed E-state index contributed by atoms with van der Waals surface area (Å²) in [6, 6.07) is 3.27. The van der Waals surface area contributed by atoms with Gasteiger partial charge >= 0.3 is 0 Å². The van der Waals surface area contributed by atoms with Crippen LogP contribution in [0.1, 0.15) is 37.8 Å². The van der Waals surface area contributed by atoms with Gasteiger partial charge in [0.05, 0.1) is 0 Å². The number of rotatable bonds is 4. The zero-order chi connectivity index (χ0) is 10.6. The maximum atomic E-state index is 13.7. The highest BCUT2D eigenvalue weighted by Crippen LogP contribution is 2.25. The Hall–Kier alpha value is -1.05. The molecule has 0 saturated carbocycles. The van der Waals surface area contributed by atoms with E-state index in [0.717, 1.165) is 19.3 Å². The van der Waals surface area contributed by atoms with Gasteiger partial charge in [-0.05, 0) is 24.5 Å². The first-order chi connectivity index (χ1) is 6.70. The Kier molecular flexibility index (Phi) is 3.93. The van der Waals surface area contributed by atoms with Gasteiger partial charge in [-0.2, -0.15) is 0 Å². The number of benzene rings is 1. The predicted molar refractivity (Wildman–Crippen MR) is 56.1 cm³/mol. The van der Waals surface area contributed by atoms with E-state index in [-0.39, 0.29) is 11.6 Å². The largest absolute Gasteiger partial charge is 0.508 e. The van der Waals surface area contributed by atoms with Crippen LogP contribution in [-0.2, 0) is 12.8 Å². The van der Waals surface area contributed by atoms with Gasteiger partial charge in [0.1, 0.15) is 11.6 Å². The molecule has 1 N–H and O–H groups in total. The number of phenols is 1. The van der Waals surface area contributed by atoms with E-state index >= 15 is 0 Å². The molecule has 2 heteroatoms. The highest BCUT2D eigenvalue weighted by Gasteiger charge is 2.11. The van der Waals surface area contributed by atoms with Gasteiger partial charge in [-0.3, -0.25) is 0 Å². The van der Waals surface area contributed by atoms with Crippen LogP contribution in [0.4, 0.5) is 4.39 Å². The van der Waals surface area contributed by atoms with E-state index in [2.05, 4.69) is 0 Å². The van der Waals surface area contributed by atoms with Gasteiger partial charge in [-0.15, -0.1) is 0 Å². The van der Waals surface area contributed by atoms with Gasteiger partial charge < -0.3 is 5.11 Å². The first kappa shape index (κ1) is 11.0. The molecule has 0 bridgehead atoms. The minimum Gasteiger partial charge on any atom is -0.508 e. The maximum Gasteiger partial charge on any atom is 0.133 e. The third kappa shape index (κ3) is 2.25. The average Bonchev–Trinajstić information content (AvgIpc) is 2.17. The van der Waals surface area contributed by atoms with Crippen molar-refractivity contribution in [2.24, 2.45) is 0 Å². The summed E-state index contributed by atoms with van der Waals surface area (Å²) in [6.07, 6.45) is 3.12. The SMILES string of the molecule is CCCc1ccc(O)c(CCC)c1F. The molecule has 0 aliphatic heterocycles. The van der Waals surface area contributed by atoms with Crippen LogP contribution in [-0.4, -0.2) is 5.11 Å². The Bertz CT molecular complexity index is 307. The maximum absolute atomic E-state index is 13.7. The van der Waals surface area contributed by atoms with Crippen LogP contribution in [0.5, 0.6) is 5.75 Å². The van der Waals surface area contributed by atoms with Gasteiger partial charge in [0.15, 0.2) is 0 Å². The zero-order valence-electron chi connectivity index (χ0n) is 8.81. The number of aromatic hydroxyl groups is 1. The van der Waals surface area contributed by atoms with Crippen molar-refractivity contribution in [3.05, 3.63) is 29.1 Å². The molecule has 78 valence electrons. The molecule has 0 saturated heterocycles. The van der Waals surface area contributed by atoms with Crippen LogP contribution in [0.3, 0.4) is 0 Å². The third-order valence-electron chi connectivity index (χ3n) is 2.32. The quantitative estimate of drug-likeness (QED) is 0.782. The molecule has 0 radical (unpaired) electrons. The molecule has 0 aliphatic carbocycles. The van der Waals surface area contributed by atoms with Gasteiger partial charge in [0, 0.05) is 5.56 Å². The second kappa shape index (κ2) is 4.99. The molecule has 0 heterocycles. The summed E-state index contributed by atoms with van der Waals surface area (Å²) < 4.78 is 13.7. The van der Waals surface area contributed by atoms with E-state index in [0.29, 0.717) is 17.5 Å². The van der Waals surface area contributed by atoms with Crippen molar-refractivity contribution in [3.8, 4) is 5.75 Å². The Morgan fingerprint density at radius 1 is 1.14 bits per heavy atom. The lowest BCUT2D eigenvalue weighted by Gasteiger charge is -2.08. The van der Waals surface area contributed by atoms with Crippen molar-refractivity contribution in [2.75, 3.05) is 0 Å². The molecule has 1 aromatic carbocycles. The molecule has 0 spiro atoms. The first-order valence-electron chi connectivity index (χ1n) is 5.19. The van der Waals surface area contributed by atoms with Crippen molar-refractivity contribution in [3.63, 3.8) is 0 Å². The summed E-state index contributed by atoms with van der Waals surface area (Å²) in [7, 11) is 0. The lowest BCUT2D eigenvalue weighted by atomic mass is 10.0. The molecule has 1 aromatic rings. The minimum atomic E-state index is -0.214. The smallest absolute Gasteiger partial charge is 0.133 e. The molecule has 0 aromatic heterocycles. The first-order valence-corrected chi connectivity index (χ1v) is 5.19. The average molecular weight is 196 g/mol. The Morgan fingerprint density at radius 2 is 1.79 bits per heavy atom. The Morgan fingerprint density at radius 3 is 2.36 bits per heavy atom. The van der Waals surface area contributed by atoms with Crippen LogP contribution in [0.2, 0.25) is 0 Å². The molecule has 0 unspecified atom stereocenters. The lowest BCUT2D eigenvalue weighted by molar-refractivity contribution is 0.456. The third-order valence-corrected chi connectivity index (χ3v) is 2.32. The van der Waals surface area contributed by atoms with Crippen molar-refractivity contribution in [1.29, 1.82) is 0 Å². The summed E-state index contributed by atoms with van der Waals surface area (Å²) in [5.74, 6) is -0.127. The van der Waals surface area contributed by atoms with E-state index in [1.54, 1.807) is 12.1 Å². The summed E-state index contributed by atoms with van der Waals surface area (Å²) in [4.78, 5) is 0. The fourth-order valence-electron chi connectivity index (χ4n) is 1.61. The van der Waals surface area contributed by atoms with E-state index in [9.17, 15) is 9.50 Å². The van der Waals surface area contributed by atoms with Crippen molar-refractivity contribution >= 4 is 0 Å². The van der Waals surface area contributed by atoms with Crippen LogP contribution < -0.4 is 0 Å².